The van der Waals surface area contributed by atoms with Crippen LogP contribution >= 0.6 is 0 Å². The maximum Gasteiger partial charge on any atom is 0.179 e. The van der Waals surface area contributed by atoms with Gasteiger partial charge in [-0.1, -0.05) is 133 Å². The van der Waals surface area contributed by atoms with Crippen LogP contribution in [-0.4, -0.2) is 25.6 Å². The molecule has 5 nitrogen and oxygen atoms in total. The van der Waals surface area contributed by atoms with E-state index in [1.807, 2.05) is 42.6 Å². The molecule has 0 radical (unpaired) electrons. The Hall–Kier alpha value is -6.59. The van der Waals surface area contributed by atoms with Crippen molar-refractivity contribution in [2.45, 2.75) is 12.0 Å². The van der Waals surface area contributed by atoms with Gasteiger partial charge in [-0.2, -0.15) is 0 Å². The number of fused-ring (bicyclic) bond motifs is 7. The van der Waals surface area contributed by atoms with Gasteiger partial charge in [0.05, 0.1) is 46.0 Å². The van der Waals surface area contributed by atoms with Crippen LogP contribution < -0.4 is 4.90 Å². The molecule has 5 heteroatoms. The molecule has 0 amide bonds. The smallest absolute Gasteiger partial charge is 0.179 e. The molecule has 0 spiro atoms. The van der Waals surface area contributed by atoms with E-state index in [1.54, 1.807) is 0 Å². The van der Waals surface area contributed by atoms with Crippen LogP contribution in [0.1, 0.15) is 11.5 Å². The summed E-state index contributed by atoms with van der Waals surface area (Å²) >= 11 is 0. The highest BCUT2D eigenvalue weighted by Crippen LogP contribution is 2.52. The summed E-state index contributed by atoms with van der Waals surface area (Å²) in [5.74, 6) is 0.823. The van der Waals surface area contributed by atoms with Crippen molar-refractivity contribution >= 4 is 33.2 Å². The molecule has 5 aromatic carbocycles. The Kier molecular flexibility index (Phi) is 6.56. The Labute approximate surface area is 290 Å². The lowest BCUT2D eigenvalue weighted by Crippen LogP contribution is -2.28. The number of rotatable bonds is 5. The Bertz CT molecular complexity index is 2530. The van der Waals surface area contributed by atoms with Gasteiger partial charge in [0.1, 0.15) is 5.69 Å². The van der Waals surface area contributed by atoms with E-state index in [0.29, 0.717) is 5.82 Å². The van der Waals surface area contributed by atoms with Gasteiger partial charge < -0.3 is 9.47 Å². The molecule has 236 valence electrons. The number of hydrogen-bond donors (Lipinski definition) is 0. The Morgan fingerprint density at radius 2 is 1.18 bits per heavy atom. The summed E-state index contributed by atoms with van der Waals surface area (Å²) in [6.45, 7) is 0. The SMILES string of the molecule is C1=CC2c3ccc4c5ccccc5n(-c5ccccc5)c4c3N(c3ccc(-c4nc(-c5ccccc5)cc(-c5ccccc5)n4)nc3)C2C=C1. The third-order valence-corrected chi connectivity index (χ3v) is 9.98. The van der Waals surface area contributed by atoms with Gasteiger partial charge in [-0.15, -0.1) is 0 Å². The molecule has 50 heavy (non-hydrogen) atoms. The van der Waals surface area contributed by atoms with Crippen molar-refractivity contribution in [2.24, 2.45) is 0 Å². The number of anilines is 2. The van der Waals surface area contributed by atoms with E-state index in [1.165, 1.54) is 33.1 Å². The highest BCUT2D eigenvalue weighted by atomic mass is 15.2. The second-order valence-corrected chi connectivity index (χ2v) is 12.8. The van der Waals surface area contributed by atoms with Crippen molar-refractivity contribution in [2.75, 3.05) is 4.90 Å². The fourth-order valence-electron chi connectivity index (χ4n) is 7.74. The number of benzene rings is 5. The number of hydrogen-bond acceptors (Lipinski definition) is 4. The van der Waals surface area contributed by atoms with Gasteiger partial charge in [-0.25, -0.2) is 9.97 Å². The largest absolute Gasteiger partial charge is 0.330 e. The number of aromatic nitrogens is 4. The Morgan fingerprint density at radius 3 is 1.88 bits per heavy atom. The van der Waals surface area contributed by atoms with Crippen molar-refractivity contribution in [3.05, 3.63) is 182 Å². The van der Waals surface area contributed by atoms with Gasteiger partial charge in [0, 0.05) is 33.5 Å². The zero-order valence-electron chi connectivity index (χ0n) is 27.1. The molecule has 1 aliphatic heterocycles. The molecule has 0 saturated heterocycles. The first-order valence-corrected chi connectivity index (χ1v) is 17.0. The maximum absolute atomic E-state index is 5.06. The molecule has 2 atom stereocenters. The second kappa shape index (κ2) is 11.5. The van der Waals surface area contributed by atoms with Gasteiger partial charge in [-0.3, -0.25) is 4.98 Å². The number of para-hydroxylation sites is 2. The van der Waals surface area contributed by atoms with Crippen LogP contribution in [0.4, 0.5) is 11.4 Å². The predicted octanol–water partition coefficient (Wildman–Crippen LogP) is 10.7. The van der Waals surface area contributed by atoms with Crippen LogP contribution in [0, 0.1) is 0 Å². The Morgan fingerprint density at radius 1 is 0.520 bits per heavy atom. The lowest BCUT2D eigenvalue weighted by atomic mass is 9.91. The second-order valence-electron chi connectivity index (χ2n) is 12.8. The van der Waals surface area contributed by atoms with E-state index >= 15 is 0 Å². The molecule has 0 N–H and O–H groups in total. The van der Waals surface area contributed by atoms with Gasteiger partial charge >= 0.3 is 0 Å². The molecular formula is C45H31N5. The van der Waals surface area contributed by atoms with E-state index in [4.69, 9.17) is 15.0 Å². The highest BCUT2D eigenvalue weighted by molar-refractivity contribution is 6.15. The van der Waals surface area contributed by atoms with Crippen LogP contribution in [0.5, 0.6) is 0 Å². The minimum absolute atomic E-state index is 0.123. The summed E-state index contributed by atoms with van der Waals surface area (Å²) in [5, 5.41) is 2.48. The molecule has 0 saturated carbocycles. The third-order valence-electron chi connectivity index (χ3n) is 9.98. The van der Waals surface area contributed by atoms with E-state index in [0.717, 1.165) is 39.6 Å². The summed E-state index contributed by atoms with van der Waals surface area (Å²) in [5.41, 5.74) is 11.7. The van der Waals surface area contributed by atoms with Crippen molar-refractivity contribution in [3.8, 4) is 39.7 Å². The first-order chi connectivity index (χ1) is 24.8. The molecule has 10 rings (SSSR count). The lowest BCUT2D eigenvalue weighted by molar-refractivity contribution is 0.744. The van der Waals surface area contributed by atoms with Crippen molar-refractivity contribution < 1.29 is 0 Å². The summed E-state index contributed by atoms with van der Waals surface area (Å²) in [6.07, 6.45) is 11.0. The molecule has 2 aliphatic rings. The first-order valence-electron chi connectivity index (χ1n) is 17.0. The zero-order chi connectivity index (χ0) is 33.0. The van der Waals surface area contributed by atoms with Gasteiger partial charge in [0.25, 0.3) is 0 Å². The van der Waals surface area contributed by atoms with Crippen molar-refractivity contribution in [3.63, 3.8) is 0 Å². The molecule has 3 aromatic heterocycles. The van der Waals surface area contributed by atoms with E-state index in [2.05, 4.69) is 143 Å². The minimum atomic E-state index is 0.123. The summed E-state index contributed by atoms with van der Waals surface area (Å²) in [6, 6.07) is 51.0. The van der Waals surface area contributed by atoms with E-state index in [-0.39, 0.29) is 12.0 Å². The fourth-order valence-corrected chi connectivity index (χ4v) is 7.74. The molecule has 0 fully saturated rings. The average molecular weight is 642 g/mol. The predicted molar refractivity (Wildman–Crippen MR) is 204 cm³/mol. The zero-order valence-corrected chi connectivity index (χ0v) is 27.1. The lowest BCUT2D eigenvalue weighted by Gasteiger charge is -2.29. The Balaban J connectivity index is 1.15. The number of nitrogens with zero attached hydrogens (tertiary/aromatic N) is 5. The van der Waals surface area contributed by atoms with Gasteiger partial charge in [0.15, 0.2) is 5.82 Å². The summed E-state index contributed by atoms with van der Waals surface area (Å²) in [4.78, 5) is 17.6. The highest BCUT2D eigenvalue weighted by Gasteiger charge is 2.40. The monoisotopic (exact) mass is 641 g/mol. The molecular weight excluding hydrogens is 611 g/mol. The molecule has 1 aliphatic carbocycles. The standard InChI is InChI=1S/C45H31N5/c1-4-14-30(15-5-1)39-28-40(31-16-6-2-7-17-31)48-45(47-39)38-27-24-33(29-46-38)50-42-23-13-11-21-35(42)37-26-25-36-34-20-10-12-22-41(34)49(43(36)44(37)50)32-18-8-3-9-19-32/h1-29,35,42H. The molecule has 2 unspecified atom stereocenters. The number of pyridine rings is 1. The van der Waals surface area contributed by atoms with Crippen LogP contribution in [0.15, 0.2) is 176 Å². The molecule has 8 aromatic rings. The minimum Gasteiger partial charge on any atom is -0.330 e. The summed E-state index contributed by atoms with van der Waals surface area (Å²) in [7, 11) is 0. The summed E-state index contributed by atoms with van der Waals surface area (Å²) < 4.78 is 2.43. The topological polar surface area (TPSA) is 46.8 Å². The van der Waals surface area contributed by atoms with Crippen LogP contribution in [0.2, 0.25) is 0 Å². The first kappa shape index (κ1) is 28.4. The fraction of sp³-hybridized carbons (Fsp3) is 0.0444. The van der Waals surface area contributed by atoms with Gasteiger partial charge in [-0.05, 0) is 42.0 Å². The van der Waals surface area contributed by atoms with Crippen LogP contribution in [-0.2, 0) is 0 Å². The molecule has 4 heterocycles. The average Bonchev–Trinajstić information content (AvgIpc) is 3.72. The maximum atomic E-state index is 5.06. The van der Waals surface area contributed by atoms with Crippen molar-refractivity contribution in [1.82, 2.24) is 19.5 Å². The van der Waals surface area contributed by atoms with E-state index < -0.39 is 0 Å². The van der Waals surface area contributed by atoms with Crippen LogP contribution in [0.3, 0.4) is 0 Å². The van der Waals surface area contributed by atoms with E-state index in [9.17, 15) is 0 Å². The quantitative estimate of drug-likeness (QED) is 0.188. The van der Waals surface area contributed by atoms with Gasteiger partial charge in [0.2, 0.25) is 0 Å². The molecule has 0 bridgehead atoms. The van der Waals surface area contributed by atoms with Crippen molar-refractivity contribution in [1.29, 1.82) is 0 Å². The normalized spacial score (nSPS) is 16.2. The number of allylic oxidation sites excluding steroid dienone is 2. The third kappa shape index (κ3) is 4.51. The van der Waals surface area contributed by atoms with Crippen LogP contribution in [0.25, 0.3) is 61.5 Å².